The highest BCUT2D eigenvalue weighted by Crippen LogP contribution is 2.25. The molecule has 0 aliphatic heterocycles. The van der Waals surface area contributed by atoms with Gasteiger partial charge < -0.3 is 15.2 Å². The summed E-state index contributed by atoms with van der Waals surface area (Å²) in [6.45, 7) is 1.94. The van der Waals surface area contributed by atoms with Crippen molar-refractivity contribution in [2.75, 3.05) is 19.0 Å². The van der Waals surface area contributed by atoms with Crippen LogP contribution in [0.5, 0.6) is 5.75 Å². The molecule has 0 heterocycles. The SMILES string of the molecule is CCOC(=O)Nc1cc(C(N)=O)ccc1OC. The van der Waals surface area contributed by atoms with Gasteiger partial charge in [-0.05, 0) is 25.1 Å². The molecule has 1 aromatic rings. The first-order valence-corrected chi connectivity index (χ1v) is 5.00. The van der Waals surface area contributed by atoms with Crippen molar-refractivity contribution in [1.82, 2.24) is 0 Å². The molecule has 0 saturated heterocycles. The first-order valence-electron chi connectivity index (χ1n) is 5.00. The van der Waals surface area contributed by atoms with Crippen molar-refractivity contribution in [2.24, 2.45) is 5.73 Å². The van der Waals surface area contributed by atoms with Crippen LogP contribution in [-0.2, 0) is 4.74 Å². The van der Waals surface area contributed by atoms with E-state index in [0.29, 0.717) is 11.4 Å². The molecule has 0 bridgehead atoms. The fraction of sp³-hybridized carbons (Fsp3) is 0.273. The molecule has 0 spiro atoms. The number of ether oxygens (including phenoxy) is 2. The summed E-state index contributed by atoms with van der Waals surface area (Å²) in [4.78, 5) is 22.3. The average molecular weight is 238 g/mol. The van der Waals surface area contributed by atoms with E-state index in [4.69, 9.17) is 15.2 Å². The van der Waals surface area contributed by atoms with E-state index >= 15 is 0 Å². The number of hydrogen-bond acceptors (Lipinski definition) is 4. The molecule has 0 unspecified atom stereocenters. The summed E-state index contributed by atoms with van der Waals surface area (Å²) in [7, 11) is 1.45. The minimum Gasteiger partial charge on any atom is -0.495 e. The molecule has 2 amide bonds. The highest BCUT2D eigenvalue weighted by Gasteiger charge is 2.10. The van der Waals surface area contributed by atoms with E-state index in [-0.39, 0.29) is 12.2 Å². The minimum atomic E-state index is -0.618. The van der Waals surface area contributed by atoms with Crippen LogP contribution in [0.2, 0.25) is 0 Å². The van der Waals surface area contributed by atoms with Crippen LogP contribution in [0.1, 0.15) is 17.3 Å². The number of carbonyl (C=O) groups is 2. The van der Waals surface area contributed by atoms with Crippen molar-refractivity contribution in [3.05, 3.63) is 23.8 Å². The van der Waals surface area contributed by atoms with Crippen LogP contribution >= 0.6 is 0 Å². The van der Waals surface area contributed by atoms with Gasteiger partial charge in [-0.15, -0.1) is 0 Å². The number of methoxy groups -OCH3 is 1. The molecular weight excluding hydrogens is 224 g/mol. The molecule has 0 fully saturated rings. The highest BCUT2D eigenvalue weighted by atomic mass is 16.5. The Balaban J connectivity index is 2.97. The third-order valence-electron chi connectivity index (χ3n) is 2.00. The van der Waals surface area contributed by atoms with Crippen molar-refractivity contribution in [1.29, 1.82) is 0 Å². The number of hydrogen-bond donors (Lipinski definition) is 2. The molecule has 6 nitrogen and oxygen atoms in total. The molecule has 1 aromatic carbocycles. The van der Waals surface area contributed by atoms with E-state index in [2.05, 4.69) is 5.32 Å². The Morgan fingerprint density at radius 3 is 2.65 bits per heavy atom. The number of nitrogens with one attached hydrogen (secondary N) is 1. The Labute approximate surface area is 98.7 Å². The van der Waals surface area contributed by atoms with Gasteiger partial charge in [0, 0.05) is 5.56 Å². The van der Waals surface area contributed by atoms with Gasteiger partial charge in [0.25, 0.3) is 0 Å². The first-order chi connectivity index (χ1) is 8.08. The number of anilines is 1. The maximum absolute atomic E-state index is 11.3. The van der Waals surface area contributed by atoms with Crippen LogP contribution < -0.4 is 15.8 Å². The fourth-order valence-corrected chi connectivity index (χ4v) is 1.24. The summed E-state index contributed by atoms with van der Waals surface area (Å²) in [6.07, 6.45) is -0.618. The van der Waals surface area contributed by atoms with Gasteiger partial charge in [0.2, 0.25) is 5.91 Å². The van der Waals surface area contributed by atoms with Crippen LogP contribution in [0, 0.1) is 0 Å². The van der Waals surface area contributed by atoms with Gasteiger partial charge >= 0.3 is 6.09 Å². The number of benzene rings is 1. The molecular formula is C11H14N2O4. The lowest BCUT2D eigenvalue weighted by molar-refractivity contribution is 0.1000. The van der Waals surface area contributed by atoms with E-state index < -0.39 is 12.0 Å². The van der Waals surface area contributed by atoms with Gasteiger partial charge in [-0.2, -0.15) is 0 Å². The predicted octanol–water partition coefficient (Wildman–Crippen LogP) is 1.36. The second kappa shape index (κ2) is 5.74. The molecule has 1 rings (SSSR count). The second-order valence-electron chi connectivity index (χ2n) is 3.12. The van der Waals surface area contributed by atoms with Gasteiger partial charge in [0.1, 0.15) is 5.75 Å². The van der Waals surface area contributed by atoms with Crippen LogP contribution in [0.3, 0.4) is 0 Å². The molecule has 0 atom stereocenters. The van der Waals surface area contributed by atoms with Crippen molar-refractivity contribution < 1.29 is 19.1 Å². The van der Waals surface area contributed by atoms with Crippen LogP contribution in [0.25, 0.3) is 0 Å². The Hall–Kier alpha value is -2.24. The van der Waals surface area contributed by atoms with E-state index in [9.17, 15) is 9.59 Å². The smallest absolute Gasteiger partial charge is 0.411 e. The lowest BCUT2D eigenvalue weighted by atomic mass is 10.2. The molecule has 0 aromatic heterocycles. The molecule has 3 N–H and O–H groups in total. The quantitative estimate of drug-likeness (QED) is 0.828. The maximum Gasteiger partial charge on any atom is 0.411 e. The summed E-state index contributed by atoms with van der Waals surface area (Å²) in [5.74, 6) is -0.164. The van der Waals surface area contributed by atoms with Gasteiger partial charge in [-0.25, -0.2) is 4.79 Å². The molecule has 0 radical (unpaired) electrons. The topological polar surface area (TPSA) is 90.6 Å². The normalized spacial score (nSPS) is 9.53. The zero-order valence-corrected chi connectivity index (χ0v) is 9.65. The van der Waals surface area contributed by atoms with Gasteiger partial charge in [-0.1, -0.05) is 0 Å². The van der Waals surface area contributed by atoms with E-state index in [0.717, 1.165) is 0 Å². The lowest BCUT2D eigenvalue weighted by Gasteiger charge is -2.10. The molecule has 6 heteroatoms. The van der Waals surface area contributed by atoms with Gasteiger partial charge in [0.15, 0.2) is 0 Å². The standard InChI is InChI=1S/C11H14N2O4/c1-3-17-11(15)13-8-6-7(10(12)14)4-5-9(8)16-2/h4-6H,3H2,1-2H3,(H2,12,14)(H,13,15). The van der Waals surface area contributed by atoms with Gasteiger partial charge in [-0.3, -0.25) is 10.1 Å². The number of amides is 2. The van der Waals surface area contributed by atoms with E-state index in [1.54, 1.807) is 13.0 Å². The maximum atomic E-state index is 11.3. The monoisotopic (exact) mass is 238 g/mol. The molecule has 17 heavy (non-hydrogen) atoms. The number of carbonyl (C=O) groups excluding carboxylic acids is 2. The summed E-state index contributed by atoms with van der Waals surface area (Å²) in [6, 6.07) is 4.48. The first kappa shape index (κ1) is 12.8. The van der Waals surface area contributed by atoms with Gasteiger partial charge in [0.05, 0.1) is 19.4 Å². The highest BCUT2D eigenvalue weighted by molar-refractivity contribution is 5.96. The zero-order valence-electron chi connectivity index (χ0n) is 9.65. The van der Waals surface area contributed by atoms with Crippen molar-refractivity contribution in [3.8, 4) is 5.75 Å². The van der Waals surface area contributed by atoms with Crippen LogP contribution in [-0.4, -0.2) is 25.7 Å². The third-order valence-corrected chi connectivity index (χ3v) is 2.00. The molecule has 92 valence electrons. The number of nitrogens with two attached hydrogens (primary N) is 1. The van der Waals surface area contributed by atoms with Crippen molar-refractivity contribution in [2.45, 2.75) is 6.92 Å². The van der Waals surface area contributed by atoms with Crippen LogP contribution in [0.15, 0.2) is 18.2 Å². The summed E-state index contributed by atoms with van der Waals surface area (Å²) in [5.41, 5.74) is 5.75. The Kier molecular flexibility index (Phi) is 4.33. The zero-order chi connectivity index (χ0) is 12.8. The Morgan fingerprint density at radius 1 is 1.41 bits per heavy atom. The molecule has 0 aliphatic carbocycles. The second-order valence-corrected chi connectivity index (χ2v) is 3.12. The summed E-state index contributed by atoms with van der Waals surface area (Å²) < 4.78 is 9.76. The van der Waals surface area contributed by atoms with Crippen molar-refractivity contribution >= 4 is 17.7 Å². The fourth-order valence-electron chi connectivity index (χ4n) is 1.24. The average Bonchev–Trinajstić information content (AvgIpc) is 2.29. The number of rotatable bonds is 4. The minimum absolute atomic E-state index is 0.254. The Bertz CT molecular complexity index is 431. The molecule has 0 saturated carbocycles. The largest absolute Gasteiger partial charge is 0.495 e. The summed E-state index contributed by atoms with van der Waals surface area (Å²) in [5, 5.41) is 2.46. The van der Waals surface area contributed by atoms with Crippen molar-refractivity contribution in [3.63, 3.8) is 0 Å². The van der Waals surface area contributed by atoms with E-state index in [1.807, 2.05) is 0 Å². The molecule has 0 aliphatic rings. The van der Waals surface area contributed by atoms with E-state index in [1.165, 1.54) is 19.2 Å². The third kappa shape index (κ3) is 3.37. The Morgan fingerprint density at radius 2 is 2.12 bits per heavy atom. The lowest BCUT2D eigenvalue weighted by Crippen LogP contribution is -2.16. The predicted molar refractivity (Wildman–Crippen MR) is 62.2 cm³/mol. The summed E-state index contributed by atoms with van der Waals surface area (Å²) >= 11 is 0. The number of primary amides is 1. The van der Waals surface area contributed by atoms with Crippen LogP contribution in [0.4, 0.5) is 10.5 Å².